The molecule has 11 heteroatoms. The van der Waals surface area contributed by atoms with Crippen molar-refractivity contribution < 1.29 is 39.4 Å². The SMILES string of the molecule is COc1nc(OC)nc(O[C@H]2O[C@H](CO)[C@@H](O)[C@H](O)[C@@H]2O)n1. The van der Waals surface area contributed by atoms with E-state index in [1.165, 1.54) is 14.2 Å². The van der Waals surface area contributed by atoms with Gasteiger partial charge >= 0.3 is 18.0 Å². The van der Waals surface area contributed by atoms with Crippen molar-refractivity contribution >= 4 is 0 Å². The van der Waals surface area contributed by atoms with Gasteiger partial charge in [0.1, 0.15) is 24.4 Å². The average molecular weight is 319 g/mol. The largest absolute Gasteiger partial charge is 0.467 e. The van der Waals surface area contributed by atoms with E-state index in [-0.39, 0.29) is 18.0 Å². The number of hydrogen-bond acceptors (Lipinski definition) is 11. The number of hydrogen-bond donors (Lipinski definition) is 4. The highest BCUT2D eigenvalue weighted by atomic mass is 16.7. The first kappa shape index (κ1) is 16.6. The van der Waals surface area contributed by atoms with Crippen molar-refractivity contribution in [2.75, 3.05) is 20.8 Å². The molecule has 0 saturated carbocycles. The number of ether oxygens (including phenoxy) is 4. The molecule has 124 valence electrons. The van der Waals surface area contributed by atoms with Gasteiger partial charge in [-0.25, -0.2) is 0 Å². The molecule has 0 unspecified atom stereocenters. The first-order valence-electron chi connectivity index (χ1n) is 6.31. The molecule has 0 bridgehead atoms. The van der Waals surface area contributed by atoms with Crippen LogP contribution in [0.15, 0.2) is 0 Å². The summed E-state index contributed by atoms with van der Waals surface area (Å²) in [5.41, 5.74) is 0. The van der Waals surface area contributed by atoms with Gasteiger partial charge in [-0.05, 0) is 0 Å². The number of methoxy groups -OCH3 is 2. The Labute approximate surface area is 125 Å². The minimum Gasteiger partial charge on any atom is -0.467 e. The maximum absolute atomic E-state index is 9.86. The molecule has 4 N–H and O–H groups in total. The molecule has 0 aromatic carbocycles. The number of nitrogens with zero attached hydrogens (tertiary/aromatic N) is 3. The topological polar surface area (TPSA) is 157 Å². The summed E-state index contributed by atoms with van der Waals surface area (Å²) < 4.78 is 20.1. The summed E-state index contributed by atoms with van der Waals surface area (Å²) in [7, 11) is 2.65. The fraction of sp³-hybridized carbons (Fsp3) is 0.727. The molecular formula is C11H17N3O8. The number of aliphatic hydroxyl groups is 4. The van der Waals surface area contributed by atoms with Gasteiger partial charge in [0.2, 0.25) is 6.29 Å². The first-order valence-corrected chi connectivity index (χ1v) is 6.31. The molecular weight excluding hydrogens is 302 g/mol. The molecule has 5 atom stereocenters. The van der Waals surface area contributed by atoms with E-state index in [2.05, 4.69) is 15.0 Å². The summed E-state index contributed by atoms with van der Waals surface area (Å²) in [4.78, 5) is 11.3. The lowest BCUT2D eigenvalue weighted by Gasteiger charge is -2.39. The molecule has 1 aromatic rings. The van der Waals surface area contributed by atoms with Crippen molar-refractivity contribution in [2.45, 2.75) is 30.7 Å². The van der Waals surface area contributed by atoms with Crippen molar-refractivity contribution in [1.29, 1.82) is 0 Å². The van der Waals surface area contributed by atoms with Crippen LogP contribution in [-0.2, 0) is 4.74 Å². The predicted octanol–water partition coefficient (Wildman–Crippen LogP) is -2.93. The molecule has 0 amide bonds. The second-order valence-corrected chi connectivity index (χ2v) is 4.41. The molecule has 1 aliphatic rings. The molecule has 0 radical (unpaired) electrons. The van der Waals surface area contributed by atoms with Crippen molar-refractivity contribution in [3.63, 3.8) is 0 Å². The lowest BCUT2D eigenvalue weighted by atomic mass is 9.99. The van der Waals surface area contributed by atoms with E-state index in [1.807, 2.05) is 0 Å². The van der Waals surface area contributed by atoms with Gasteiger partial charge in [0.25, 0.3) is 0 Å². The Balaban J connectivity index is 2.18. The molecule has 11 nitrogen and oxygen atoms in total. The number of aromatic nitrogens is 3. The minimum absolute atomic E-state index is 0.0913. The van der Waals surface area contributed by atoms with Gasteiger partial charge in [0, 0.05) is 0 Å². The van der Waals surface area contributed by atoms with Gasteiger partial charge in [-0.2, -0.15) is 0 Å². The first-order chi connectivity index (χ1) is 10.5. The van der Waals surface area contributed by atoms with Crippen LogP contribution in [0.2, 0.25) is 0 Å². The fourth-order valence-corrected chi connectivity index (χ4v) is 1.82. The Hall–Kier alpha value is -1.79. The second-order valence-electron chi connectivity index (χ2n) is 4.41. The summed E-state index contributed by atoms with van der Waals surface area (Å²) >= 11 is 0. The van der Waals surface area contributed by atoms with Crippen LogP contribution in [0.4, 0.5) is 0 Å². The molecule has 1 aromatic heterocycles. The quantitative estimate of drug-likeness (QED) is 0.440. The maximum atomic E-state index is 9.86. The summed E-state index contributed by atoms with van der Waals surface area (Å²) in [6.07, 6.45) is -7.14. The Kier molecular flexibility index (Phi) is 5.26. The summed E-state index contributed by atoms with van der Waals surface area (Å²) in [6.45, 7) is -0.575. The van der Waals surface area contributed by atoms with Gasteiger partial charge in [-0.3, -0.25) is 0 Å². The van der Waals surface area contributed by atoms with Crippen LogP contribution in [0.3, 0.4) is 0 Å². The normalized spacial score (nSPS) is 31.6. The Morgan fingerprint density at radius 2 is 1.45 bits per heavy atom. The van der Waals surface area contributed by atoms with Crippen molar-refractivity contribution in [3.8, 4) is 18.0 Å². The average Bonchev–Trinajstić information content (AvgIpc) is 2.54. The van der Waals surface area contributed by atoms with E-state index in [0.29, 0.717) is 0 Å². The van der Waals surface area contributed by atoms with Crippen LogP contribution in [0.5, 0.6) is 18.0 Å². The predicted molar refractivity (Wildman–Crippen MR) is 67.3 cm³/mol. The summed E-state index contributed by atoms with van der Waals surface area (Å²) in [5, 5.41) is 38.3. The van der Waals surface area contributed by atoms with Gasteiger partial charge < -0.3 is 39.4 Å². The van der Waals surface area contributed by atoms with Crippen molar-refractivity contribution in [2.24, 2.45) is 0 Å². The zero-order chi connectivity index (χ0) is 16.3. The highest BCUT2D eigenvalue weighted by Gasteiger charge is 2.45. The molecule has 1 fully saturated rings. The van der Waals surface area contributed by atoms with Gasteiger partial charge in [0.05, 0.1) is 20.8 Å². The molecule has 2 heterocycles. The summed E-state index contributed by atoms with van der Waals surface area (Å²) in [6, 6.07) is -0.467. The van der Waals surface area contributed by atoms with Gasteiger partial charge in [-0.1, -0.05) is 0 Å². The summed E-state index contributed by atoms with van der Waals surface area (Å²) in [5.74, 6) is 0. The number of rotatable bonds is 5. The van der Waals surface area contributed by atoms with Crippen LogP contribution >= 0.6 is 0 Å². The van der Waals surface area contributed by atoms with Crippen LogP contribution in [-0.4, -0.2) is 86.9 Å². The van der Waals surface area contributed by atoms with Crippen molar-refractivity contribution in [3.05, 3.63) is 0 Å². The molecule has 1 aliphatic heterocycles. The van der Waals surface area contributed by atoms with E-state index in [1.54, 1.807) is 0 Å². The molecule has 1 saturated heterocycles. The minimum atomic E-state index is -1.58. The smallest absolute Gasteiger partial charge is 0.328 e. The standard InChI is InChI=1S/C11H17N3O8/c1-19-9-12-10(20-2)14-11(13-9)22-8-7(18)6(17)5(16)4(3-15)21-8/h4-8,15-18H,3H2,1-2H3/t4-,5-,6+,7+,8-/m1/s1. The van der Waals surface area contributed by atoms with E-state index < -0.39 is 37.3 Å². The third kappa shape index (κ3) is 3.34. The zero-order valence-electron chi connectivity index (χ0n) is 11.9. The lowest BCUT2D eigenvalue weighted by Crippen LogP contribution is -2.60. The highest BCUT2D eigenvalue weighted by molar-refractivity contribution is 5.09. The number of aliphatic hydroxyl groups excluding tert-OH is 4. The highest BCUT2D eigenvalue weighted by Crippen LogP contribution is 2.24. The fourth-order valence-electron chi connectivity index (χ4n) is 1.82. The van der Waals surface area contributed by atoms with Crippen LogP contribution in [0.1, 0.15) is 0 Å². The second kappa shape index (κ2) is 6.98. The zero-order valence-corrected chi connectivity index (χ0v) is 11.9. The van der Waals surface area contributed by atoms with Gasteiger partial charge in [0.15, 0.2) is 0 Å². The maximum Gasteiger partial charge on any atom is 0.328 e. The molecule has 0 spiro atoms. The Bertz CT molecular complexity index is 480. The third-order valence-electron chi connectivity index (χ3n) is 3.01. The van der Waals surface area contributed by atoms with Crippen LogP contribution in [0.25, 0.3) is 0 Å². The molecule has 2 rings (SSSR count). The molecule has 0 aliphatic carbocycles. The third-order valence-corrected chi connectivity index (χ3v) is 3.01. The Morgan fingerprint density at radius 3 is 1.95 bits per heavy atom. The Morgan fingerprint density at radius 1 is 0.909 bits per heavy atom. The molecule has 22 heavy (non-hydrogen) atoms. The lowest BCUT2D eigenvalue weighted by molar-refractivity contribution is -0.278. The van der Waals surface area contributed by atoms with E-state index in [9.17, 15) is 15.3 Å². The van der Waals surface area contributed by atoms with Crippen LogP contribution < -0.4 is 14.2 Å². The van der Waals surface area contributed by atoms with E-state index >= 15 is 0 Å². The van der Waals surface area contributed by atoms with Crippen molar-refractivity contribution in [1.82, 2.24) is 15.0 Å². The monoisotopic (exact) mass is 319 g/mol. The van der Waals surface area contributed by atoms with Crippen LogP contribution in [0, 0.1) is 0 Å². The van der Waals surface area contributed by atoms with E-state index in [0.717, 1.165) is 0 Å². The van der Waals surface area contributed by atoms with E-state index in [4.69, 9.17) is 24.1 Å². The van der Waals surface area contributed by atoms with Gasteiger partial charge in [-0.15, -0.1) is 15.0 Å².